The molecular weight excluding hydrogens is 243 g/mol. The lowest BCUT2D eigenvalue weighted by Gasteiger charge is -2.16. The number of nitrogens with one attached hydrogen (secondary N) is 2. The number of aryl methyl sites for hydroxylation is 1. The summed E-state index contributed by atoms with van der Waals surface area (Å²) < 4.78 is 13.0. The third-order valence-corrected chi connectivity index (χ3v) is 2.98. The topological polar surface area (TPSA) is 41.1 Å². The quantitative estimate of drug-likeness (QED) is 0.830. The Morgan fingerprint density at radius 2 is 2.00 bits per heavy atom. The van der Waals surface area contributed by atoms with Gasteiger partial charge in [-0.2, -0.15) is 0 Å². The fourth-order valence-electron chi connectivity index (χ4n) is 1.67. The number of halogens is 1. The van der Waals surface area contributed by atoms with E-state index in [2.05, 4.69) is 24.5 Å². The number of benzene rings is 1. The molecule has 1 aromatic carbocycles. The van der Waals surface area contributed by atoms with Gasteiger partial charge in [-0.05, 0) is 43.0 Å². The second-order valence-corrected chi connectivity index (χ2v) is 5.31. The van der Waals surface area contributed by atoms with Crippen molar-refractivity contribution in [2.24, 2.45) is 5.92 Å². The number of carbonyl (C=O) groups excluding carboxylic acids is 1. The number of rotatable bonds is 6. The molecule has 0 fully saturated rings. The third kappa shape index (κ3) is 5.39. The lowest BCUT2D eigenvalue weighted by Crippen LogP contribution is -2.43. The van der Waals surface area contributed by atoms with Crippen molar-refractivity contribution in [3.05, 3.63) is 35.1 Å². The zero-order valence-electron chi connectivity index (χ0n) is 12.1. The Kier molecular flexibility index (Phi) is 5.96. The minimum Gasteiger partial charge on any atom is -0.354 e. The van der Waals surface area contributed by atoms with Crippen LogP contribution in [-0.4, -0.2) is 18.5 Å². The summed E-state index contributed by atoms with van der Waals surface area (Å²) in [5.41, 5.74) is 1.90. The first-order valence-electron chi connectivity index (χ1n) is 6.66. The summed E-state index contributed by atoms with van der Waals surface area (Å²) >= 11 is 0. The molecule has 1 unspecified atom stereocenters. The fraction of sp³-hybridized carbons (Fsp3) is 0.533. The molecule has 106 valence electrons. The van der Waals surface area contributed by atoms with Crippen LogP contribution in [0.1, 0.15) is 31.9 Å². The first-order valence-corrected chi connectivity index (χ1v) is 6.66. The van der Waals surface area contributed by atoms with Crippen LogP contribution in [0.25, 0.3) is 0 Å². The summed E-state index contributed by atoms with van der Waals surface area (Å²) in [4.78, 5) is 11.8. The van der Waals surface area contributed by atoms with Gasteiger partial charge in [0.25, 0.3) is 0 Å². The molecule has 19 heavy (non-hydrogen) atoms. The van der Waals surface area contributed by atoms with Gasteiger partial charge < -0.3 is 10.6 Å². The lowest BCUT2D eigenvalue weighted by molar-refractivity contribution is -0.122. The molecule has 1 amide bonds. The summed E-state index contributed by atoms with van der Waals surface area (Å²) in [5, 5.41) is 6.03. The number of carbonyl (C=O) groups is 1. The van der Waals surface area contributed by atoms with Gasteiger partial charge in [0.1, 0.15) is 5.82 Å². The molecule has 4 heteroatoms. The molecule has 0 saturated carbocycles. The average Bonchev–Trinajstić information content (AvgIpc) is 2.34. The van der Waals surface area contributed by atoms with E-state index in [-0.39, 0.29) is 17.8 Å². The van der Waals surface area contributed by atoms with Crippen molar-refractivity contribution >= 4 is 5.91 Å². The molecular formula is C15H23FN2O. The molecule has 0 radical (unpaired) electrons. The first-order chi connectivity index (χ1) is 8.90. The van der Waals surface area contributed by atoms with Crippen molar-refractivity contribution in [1.82, 2.24) is 10.6 Å². The van der Waals surface area contributed by atoms with E-state index in [4.69, 9.17) is 0 Å². The van der Waals surface area contributed by atoms with E-state index < -0.39 is 0 Å². The highest BCUT2D eigenvalue weighted by Crippen LogP contribution is 2.09. The number of amides is 1. The minimum absolute atomic E-state index is 0.00605. The molecule has 1 aromatic rings. The molecule has 0 aliphatic carbocycles. The maximum absolute atomic E-state index is 13.0. The van der Waals surface area contributed by atoms with E-state index in [1.165, 1.54) is 12.1 Å². The highest BCUT2D eigenvalue weighted by Gasteiger charge is 2.12. The predicted molar refractivity (Wildman–Crippen MR) is 75.3 cm³/mol. The Labute approximate surface area is 114 Å². The zero-order chi connectivity index (χ0) is 14.4. The van der Waals surface area contributed by atoms with Crippen LogP contribution in [0.3, 0.4) is 0 Å². The molecule has 0 spiro atoms. The van der Waals surface area contributed by atoms with E-state index >= 15 is 0 Å². The maximum Gasteiger partial charge on any atom is 0.236 e. The van der Waals surface area contributed by atoms with Gasteiger partial charge >= 0.3 is 0 Å². The maximum atomic E-state index is 13.0. The SMILES string of the molecule is Cc1cc(F)ccc1CNC(C)C(=O)NCC(C)C. The van der Waals surface area contributed by atoms with Crippen LogP contribution in [0.5, 0.6) is 0 Å². The van der Waals surface area contributed by atoms with Crippen LogP contribution < -0.4 is 10.6 Å². The van der Waals surface area contributed by atoms with Crippen LogP contribution >= 0.6 is 0 Å². The molecule has 0 aliphatic heterocycles. The fourth-order valence-corrected chi connectivity index (χ4v) is 1.67. The molecule has 1 atom stereocenters. The highest BCUT2D eigenvalue weighted by molar-refractivity contribution is 5.81. The van der Waals surface area contributed by atoms with E-state index in [9.17, 15) is 9.18 Å². The molecule has 0 saturated heterocycles. The second kappa shape index (κ2) is 7.24. The van der Waals surface area contributed by atoms with Gasteiger partial charge in [-0.3, -0.25) is 4.79 Å². The number of hydrogen-bond donors (Lipinski definition) is 2. The van der Waals surface area contributed by atoms with Gasteiger partial charge in [0, 0.05) is 13.1 Å². The minimum atomic E-state index is -0.261. The van der Waals surface area contributed by atoms with Crippen molar-refractivity contribution in [2.45, 2.75) is 40.3 Å². The Balaban J connectivity index is 2.45. The molecule has 1 rings (SSSR count). The summed E-state index contributed by atoms with van der Waals surface area (Å²) in [6.45, 7) is 9.04. The van der Waals surface area contributed by atoms with Gasteiger partial charge in [0.2, 0.25) is 5.91 Å². The van der Waals surface area contributed by atoms with E-state index in [0.717, 1.165) is 11.1 Å². The van der Waals surface area contributed by atoms with Crippen molar-refractivity contribution < 1.29 is 9.18 Å². The van der Waals surface area contributed by atoms with Gasteiger partial charge in [-0.1, -0.05) is 19.9 Å². The Bertz CT molecular complexity index is 432. The Morgan fingerprint density at radius 1 is 1.32 bits per heavy atom. The standard InChI is InChI=1S/C15H23FN2O/c1-10(2)8-18-15(19)12(4)17-9-13-5-6-14(16)7-11(13)3/h5-7,10,12,17H,8-9H2,1-4H3,(H,18,19). The van der Waals surface area contributed by atoms with Crippen LogP contribution in [0, 0.1) is 18.7 Å². The summed E-state index contributed by atoms with van der Waals surface area (Å²) in [6, 6.07) is 4.42. The van der Waals surface area contributed by atoms with Crippen molar-refractivity contribution in [2.75, 3.05) is 6.54 Å². The number of hydrogen-bond acceptors (Lipinski definition) is 2. The van der Waals surface area contributed by atoms with E-state index in [1.807, 2.05) is 13.8 Å². The van der Waals surface area contributed by atoms with Crippen LogP contribution in [0.15, 0.2) is 18.2 Å². The molecule has 0 bridgehead atoms. The predicted octanol–water partition coefficient (Wildman–Crippen LogP) is 2.38. The summed E-state index contributed by atoms with van der Waals surface area (Å²) in [6.07, 6.45) is 0. The molecule has 0 heterocycles. The van der Waals surface area contributed by atoms with Gasteiger partial charge in [0.15, 0.2) is 0 Å². The Morgan fingerprint density at radius 3 is 2.58 bits per heavy atom. The van der Waals surface area contributed by atoms with E-state index in [1.54, 1.807) is 6.07 Å². The van der Waals surface area contributed by atoms with Crippen LogP contribution in [0.4, 0.5) is 4.39 Å². The third-order valence-electron chi connectivity index (χ3n) is 2.98. The molecule has 3 nitrogen and oxygen atoms in total. The Hall–Kier alpha value is -1.42. The highest BCUT2D eigenvalue weighted by atomic mass is 19.1. The largest absolute Gasteiger partial charge is 0.354 e. The molecule has 2 N–H and O–H groups in total. The summed E-state index contributed by atoms with van der Waals surface area (Å²) in [5.74, 6) is 0.202. The van der Waals surface area contributed by atoms with Crippen LogP contribution in [-0.2, 0) is 11.3 Å². The van der Waals surface area contributed by atoms with Crippen molar-refractivity contribution in [1.29, 1.82) is 0 Å². The van der Waals surface area contributed by atoms with Crippen LogP contribution in [0.2, 0.25) is 0 Å². The zero-order valence-corrected chi connectivity index (χ0v) is 12.1. The lowest BCUT2D eigenvalue weighted by atomic mass is 10.1. The van der Waals surface area contributed by atoms with E-state index in [0.29, 0.717) is 19.0 Å². The first kappa shape index (κ1) is 15.6. The second-order valence-electron chi connectivity index (χ2n) is 5.31. The van der Waals surface area contributed by atoms with Crippen molar-refractivity contribution in [3.63, 3.8) is 0 Å². The monoisotopic (exact) mass is 266 g/mol. The molecule has 0 aliphatic rings. The molecule has 0 aromatic heterocycles. The van der Waals surface area contributed by atoms with Gasteiger partial charge in [0.05, 0.1) is 6.04 Å². The summed E-state index contributed by atoms with van der Waals surface area (Å²) in [7, 11) is 0. The van der Waals surface area contributed by atoms with Gasteiger partial charge in [-0.25, -0.2) is 4.39 Å². The normalized spacial score (nSPS) is 12.5. The average molecular weight is 266 g/mol. The van der Waals surface area contributed by atoms with Crippen molar-refractivity contribution in [3.8, 4) is 0 Å². The smallest absolute Gasteiger partial charge is 0.236 e. The van der Waals surface area contributed by atoms with Gasteiger partial charge in [-0.15, -0.1) is 0 Å².